The van der Waals surface area contributed by atoms with Crippen molar-refractivity contribution in [3.05, 3.63) is 0 Å². The van der Waals surface area contributed by atoms with Crippen LogP contribution in [-0.2, 0) is 65.4 Å². The lowest BCUT2D eigenvalue weighted by Gasteiger charge is -2.21. The fourth-order valence-electron chi connectivity index (χ4n) is 10.3. The normalized spacial score (nSPS) is 14.6. The molecule has 6 atom stereocenters. The summed E-state index contributed by atoms with van der Waals surface area (Å²) >= 11 is 0. The van der Waals surface area contributed by atoms with Crippen molar-refractivity contribution in [2.24, 2.45) is 23.7 Å². The monoisotopic (exact) mass is 1300 g/mol. The summed E-state index contributed by atoms with van der Waals surface area (Å²) in [5, 5.41) is 10.6. The predicted molar refractivity (Wildman–Crippen MR) is 354 cm³/mol. The van der Waals surface area contributed by atoms with E-state index in [0.29, 0.717) is 37.5 Å². The molecule has 88 heavy (non-hydrogen) atoms. The Bertz CT molecular complexity index is 1750. The zero-order valence-corrected chi connectivity index (χ0v) is 59.1. The number of rotatable bonds is 66. The van der Waals surface area contributed by atoms with Crippen LogP contribution in [0, 0.1) is 23.7 Å². The summed E-state index contributed by atoms with van der Waals surface area (Å²) < 4.78 is 68.2. The highest BCUT2D eigenvalue weighted by molar-refractivity contribution is 7.47. The molecule has 0 saturated carbocycles. The molecule has 3 N–H and O–H groups in total. The first-order valence-corrected chi connectivity index (χ1v) is 38.7. The molecule has 0 aliphatic rings. The van der Waals surface area contributed by atoms with Gasteiger partial charge in [0.05, 0.1) is 26.4 Å². The van der Waals surface area contributed by atoms with Crippen molar-refractivity contribution in [1.29, 1.82) is 0 Å². The van der Waals surface area contributed by atoms with Crippen molar-refractivity contribution in [3.63, 3.8) is 0 Å². The second-order valence-corrected chi connectivity index (χ2v) is 29.5. The Kier molecular flexibility index (Phi) is 57.6. The number of unbranched alkanes of at least 4 members (excludes halogenated alkanes) is 31. The Hall–Kier alpha value is -1.94. The van der Waals surface area contributed by atoms with E-state index in [0.717, 1.165) is 108 Å². The number of carbonyl (C=O) groups is 4. The van der Waals surface area contributed by atoms with Crippen LogP contribution >= 0.6 is 15.6 Å². The number of aliphatic hydroxyl groups is 1. The average molecular weight is 1300 g/mol. The highest BCUT2D eigenvalue weighted by Gasteiger charge is 2.30. The van der Waals surface area contributed by atoms with E-state index in [1.807, 2.05) is 0 Å². The fraction of sp³-hybridized carbons (Fsp3) is 0.942. The summed E-state index contributed by atoms with van der Waals surface area (Å²) in [6.07, 6.45) is 40.5. The van der Waals surface area contributed by atoms with Crippen molar-refractivity contribution >= 4 is 39.5 Å². The largest absolute Gasteiger partial charge is 0.472 e. The Morgan fingerprint density at radius 3 is 0.807 bits per heavy atom. The first-order valence-electron chi connectivity index (χ1n) is 35.7. The summed E-state index contributed by atoms with van der Waals surface area (Å²) in [6.45, 7) is 14.0. The van der Waals surface area contributed by atoms with Crippen LogP contribution in [0.25, 0.3) is 0 Å². The van der Waals surface area contributed by atoms with E-state index in [1.165, 1.54) is 135 Å². The molecule has 3 unspecified atom stereocenters. The Balaban J connectivity index is 5.22. The van der Waals surface area contributed by atoms with Crippen LogP contribution in [0.1, 0.15) is 338 Å². The maximum Gasteiger partial charge on any atom is 0.472 e. The van der Waals surface area contributed by atoms with Gasteiger partial charge in [0, 0.05) is 25.7 Å². The molecule has 0 fully saturated rings. The van der Waals surface area contributed by atoms with Gasteiger partial charge in [0.25, 0.3) is 0 Å². The molecule has 0 saturated heterocycles. The first kappa shape index (κ1) is 86.1. The lowest BCUT2D eigenvalue weighted by Crippen LogP contribution is -2.30. The molecule has 0 amide bonds. The van der Waals surface area contributed by atoms with E-state index in [1.54, 1.807) is 0 Å². The van der Waals surface area contributed by atoms with Gasteiger partial charge in [0.15, 0.2) is 12.2 Å². The van der Waals surface area contributed by atoms with Gasteiger partial charge in [-0.2, -0.15) is 0 Å². The molecule has 17 nitrogen and oxygen atoms in total. The summed E-state index contributed by atoms with van der Waals surface area (Å²) in [5.74, 6) is 0.826. The maximum atomic E-state index is 13.0. The van der Waals surface area contributed by atoms with Crippen LogP contribution in [0.2, 0.25) is 0 Å². The number of phosphoric ester groups is 2. The van der Waals surface area contributed by atoms with Crippen LogP contribution in [0.4, 0.5) is 0 Å². The molecule has 0 aromatic heterocycles. The zero-order valence-electron chi connectivity index (χ0n) is 57.3. The third-order valence-corrected chi connectivity index (χ3v) is 18.1. The minimum absolute atomic E-state index is 0.103. The van der Waals surface area contributed by atoms with Gasteiger partial charge in [-0.1, -0.05) is 287 Å². The molecule has 0 heterocycles. The third-order valence-electron chi connectivity index (χ3n) is 16.2. The van der Waals surface area contributed by atoms with Crippen LogP contribution in [-0.4, -0.2) is 96.7 Å². The Labute approximate surface area is 537 Å². The van der Waals surface area contributed by atoms with E-state index < -0.39 is 97.5 Å². The van der Waals surface area contributed by atoms with E-state index in [4.69, 9.17) is 37.0 Å². The number of phosphoric acid groups is 2. The van der Waals surface area contributed by atoms with E-state index >= 15 is 0 Å². The van der Waals surface area contributed by atoms with Gasteiger partial charge >= 0.3 is 39.5 Å². The van der Waals surface area contributed by atoms with Gasteiger partial charge < -0.3 is 33.8 Å². The molecule has 19 heteroatoms. The van der Waals surface area contributed by atoms with Crippen molar-refractivity contribution < 1.29 is 80.2 Å². The van der Waals surface area contributed by atoms with Gasteiger partial charge in [-0.25, -0.2) is 9.13 Å². The van der Waals surface area contributed by atoms with Crippen LogP contribution in [0.5, 0.6) is 0 Å². The minimum Gasteiger partial charge on any atom is -0.462 e. The summed E-state index contributed by atoms with van der Waals surface area (Å²) in [7, 11) is -9.90. The average Bonchev–Trinajstić information content (AvgIpc) is 3.70. The molecule has 0 aromatic carbocycles. The molecular formula is C69H134O17P2. The standard InChI is InChI=1S/C69H134O17P2/c1-9-62(8)48-40-32-23-17-14-15-19-25-35-43-51-68(73)85-65(56-80-67(72)50-42-34-28-27-31-39-47-61(6)7)58-84-88(77,78)82-54-63(70)53-81-87(75,76)83-57-64(86-69(74)52-44-36-26-20-22-30-38-46-60(4)5)55-79-66(71)49-41-33-24-18-13-11-10-12-16-21-29-37-45-59(2)3/h59-65,70H,9-58H2,1-8H3,(H,75,76)(H,77,78)/t62?,63-,64-,65-/m1/s1. The van der Waals surface area contributed by atoms with Crippen molar-refractivity contribution in [3.8, 4) is 0 Å². The van der Waals surface area contributed by atoms with E-state index in [9.17, 15) is 43.2 Å². The quantitative estimate of drug-likeness (QED) is 0.0222. The van der Waals surface area contributed by atoms with Crippen molar-refractivity contribution in [2.75, 3.05) is 39.6 Å². The molecule has 522 valence electrons. The molecule has 0 aliphatic heterocycles. The lowest BCUT2D eigenvalue weighted by molar-refractivity contribution is -0.161. The van der Waals surface area contributed by atoms with Crippen LogP contribution in [0.15, 0.2) is 0 Å². The number of carbonyl (C=O) groups excluding carboxylic acids is 4. The third kappa shape index (κ3) is 61.6. The Morgan fingerprint density at radius 2 is 0.545 bits per heavy atom. The smallest absolute Gasteiger partial charge is 0.462 e. The summed E-state index contributed by atoms with van der Waals surface area (Å²) in [6, 6.07) is 0. The SMILES string of the molecule is CCC(C)CCCCCCCCCCCCC(=O)O[C@H](COC(=O)CCCCCCCCC(C)C)COP(=O)(O)OC[C@H](O)COP(=O)(O)OC[C@@H](COC(=O)CCCCCCCCCCCCCCC(C)C)OC(=O)CCCCCCCCCC(C)C. The molecule has 0 radical (unpaired) electrons. The van der Waals surface area contributed by atoms with Crippen LogP contribution < -0.4 is 0 Å². The van der Waals surface area contributed by atoms with E-state index in [2.05, 4.69) is 55.4 Å². The second kappa shape index (κ2) is 58.8. The highest BCUT2D eigenvalue weighted by atomic mass is 31.2. The van der Waals surface area contributed by atoms with E-state index in [-0.39, 0.29) is 25.7 Å². The minimum atomic E-state index is -4.95. The first-order chi connectivity index (χ1) is 42.1. The highest BCUT2D eigenvalue weighted by Crippen LogP contribution is 2.45. The number of hydrogen-bond acceptors (Lipinski definition) is 15. The topological polar surface area (TPSA) is 237 Å². The molecule has 0 bridgehead atoms. The lowest BCUT2D eigenvalue weighted by atomic mass is 9.99. The number of esters is 4. The predicted octanol–water partition coefficient (Wildman–Crippen LogP) is 19.3. The Morgan fingerprint density at radius 1 is 0.318 bits per heavy atom. The number of aliphatic hydroxyl groups excluding tert-OH is 1. The second-order valence-electron chi connectivity index (χ2n) is 26.6. The van der Waals surface area contributed by atoms with Crippen LogP contribution in [0.3, 0.4) is 0 Å². The van der Waals surface area contributed by atoms with Gasteiger partial charge in [-0.05, 0) is 49.4 Å². The molecule has 0 aromatic rings. The molecule has 0 aliphatic carbocycles. The number of ether oxygens (including phenoxy) is 4. The maximum absolute atomic E-state index is 13.0. The molecule has 0 spiro atoms. The molecule has 0 rings (SSSR count). The van der Waals surface area contributed by atoms with Gasteiger partial charge in [0.1, 0.15) is 19.3 Å². The van der Waals surface area contributed by atoms with Gasteiger partial charge in [0.2, 0.25) is 0 Å². The molecular weight excluding hydrogens is 1160 g/mol. The number of hydrogen-bond donors (Lipinski definition) is 3. The van der Waals surface area contributed by atoms with Crippen molar-refractivity contribution in [1.82, 2.24) is 0 Å². The van der Waals surface area contributed by atoms with Gasteiger partial charge in [-0.15, -0.1) is 0 Å². The fourth-order valence-corrected chi connectivity index (χ4v) is 11.9. The summed E-state index contributed by atoms with van der Waals surface area (Å²) in [5.41, 5.74) is 0. The zero-order chi connectivity index (χ0) is 65.4. The summed E-state index contributed by atoms with van der Waals surface area (Å²) in [4.78, 5) is 72.4. The van der Waals surface area contributed by atoms with Gasteiger partial charge in [-0.3, -0.25) is 37.3 Å². The van der Waals surface area contributed by atoms with Crippen molar-refractivity contribution in [2.45, 2.75) is 356 Å².